The van der Waals surface area contributed by atoms with E-state index in [0.717, 1.165) is 68.4 Å². The number of hydrogen-bond donors (Lipinski definition) is 1. The molecule has 1 amide bonds. The van der Waals surface area contributed by atoms with Crippen LogP contribution >= 0.6 is 0 Å². The average Bonchev–Trinajstić information content (AvgIpc) is 3.20. The smallest absolute Gasteiger partial charge is 0.223 e. The van der Waals surface area contributed by atoms with E-state index in [9.17, 15) is 4.79 Å². The number of hydrogen-bond acceptors (Lipinski definition) is 6. The first-order chi connectivity index (χ1) is 17.7. The third kappa shape index (κ3) is 6.50. The van der Waals surface area contributed by atoms with Gasteiger partial charge in [-0.15, -0.1) is 10.2 Å². The SMILES string of the molecule is O=C(NCCc1nnc2n1CCN(Cc1cccc(OCc3ccccc3)c1)CC2)C1CCOCC1. The van der Waals surface area contributed by atoms with Crippen LogP contribution in [0.1, 0.15) is 35.6 Å². The molecule has 0 unspecified atom stereocenters. The number of carbonyl (C=O) groups excluding carboxylic acids is 1. The van der Waals surface area contributed by atoms with E-state index in [1.165, 1.54) is 5.56 Å². The van der Waals surface area contributed by atoms with Crippen molar-refractivity contribution < 1.29 is 14.3 Å². The van der Waals surface area contributed by atoms with Crippen LogP contribution in [0.4, 0.5) is 0 Å². The molecule has 1 saturated heterocycles. The molecule has 1 aromatic heterocycles. The van der Waals surface area contributed by atoms with E-state index in [-0.39, 0.29) is 11.8 Å². The van der Waals surface area contributed by atoms with Crippen molar-refractivity contribution in [2.24, 2.45) is 5.92 Å². The Morgan fingerprint density at radius 1 is 1.00 bits per heavy atom. The average molecular weight is 490 g/mol. The number of nitrogens with zero attached hydrogens (tertiary/aromatic N) is 4. The Morgan fingerprint density at radius 3 is 2.69 bits per heavy atom. The summed E-state index contributed by atoms with van der Waals surface area (Å²) in [6, 6.07) is 18.6. The van der Waals surface area contributed by atoms with E-state index in [1.807, 2.05) is 24.3 Å². The van der Waals surface area contributed by atoms with Crippen LogP contribution in [-0.4, -0.2) is 58.4 Å². The fraction of sp³-hybridized carbons (Fsp3) is 0.464. The van der Waals surface area contributed by atoms with Gasteiger partial charge in [-0.1, -0.05) is 42.5 Å². The van der Waals surface area contributed by atoms with Crippen molar-refractivity contribution in [3.05, 3.63) is 77.4 Å². The van der Waals surface area contributed by atoms with Gasteiger partial charge in [-0.2, -0.15) is 0 Å². The van der Waals surface area contributed by atoms with E-state index in [1.54, 1.807) is 0 Å². The van der Waals surface area contributed by atoms with E-state index >= 15 is 0 Å². The van der Waals surface area contributed by atoms with Crippen molar-refractivity contribution in [1.29, 1.82) is 0 Å². The van der Waals surface area contributed by atoms with Gasteiger partial charge < -0.3 is 19.4 Å². The van der Waals surface area contributed by atoms with Gasteiger partial charge in [-0.25, -0.2) is 0 Å². The molecule has 0 aliphatic carbocycles. The van der Waals surface area contributed by atoms with Crippen LogP contribution < -0.4 is 10.1 Å². The molecule has 2 aliphatic heterocycles. The Balaban J connectivity index is 1.11. The maximum Gasteiger partial charge on any atom is 0.223 e. The molecule has 3 aromatic rings. The molecule has 1 N–H and O–H groups in total. The Hall–Kier alpha value is -3.23. The first-order valence-corrected chi connectivity index (χ1v) is 13.0. The minimum atomic E-state index is 0.0741. The summed E-state index contributed by atoms with van der Waals surface area (Å²) in [6.45, 7) is 6.12. The molecule has 0 spiro atoms. The molecular formula is C28H35N5O3. The molecule has 0 bridgehead atoms. The van der Waals surface area contributed by atoms with Crippen LogP contribution in [0.5, 0.6) is 5.75 Å². The molecule has 0 saturated carbocycles. The molecule has 2 aromatic carbocycles. The topological polar surface area (TPSA) is 81.5 Å². The first-order valence-electron chi connectivity index (χ1n) is 13.0. The van der Waals surface area contributed by atoms with Gasteiger partial charge in [-0.05, 0) is 36.1 Å². The predicted octanol–water partition coefficient (Wildman–Crippen LogP) is 3.00. The highest BCUT2D eigenvalue weighted by molar-refractivity contribution is 5.78. The fourth-order valence-electron chi connectivity index (χ4n) is 4.90. The van der Waals surface area contributed by atoms with Crippen molar-refractivity contribution >= 4 is 5.91 Å². The number of fused-ring (bicyclic) bond motifs is 1. The quantitative estimate of drug-likeness (QED) is 0.498. The van der Waals surface area contributed by atoms with E-state index < -0.39 is 0 Å². The maximum atomic E-state index is 12.4. The van der Waals surface area contributed by atoms with Crippen LogP contribution in [-0.2, 0) is 42.1 Å². The molecule has 190 valence electrons. The number of nitrogens with one attached hydrogen (secondary N) is 1. The van der Waals surface area contributed by atoms with Crippen molar-refractivity contribution in [1.82, 2.24) is 25.0 Å². The molecule has 1 fully saturated rings. The van der Waals surface area contributed by atoms with Crippen molar-refractivity contribution in [3.8, 4) is 5.75 Å². The van der Waals surface area contributed by atoms with Gasteiger partial charge in [0, 0.05) is 64.7 Å². The zero-order valence-electron chi connectivity index (χ0n) is 20.8. The lowest BCUT2D eigenvalue weighted by Gasteiger charge is -2.21. The van der Waals surface area contributed by atoms with Crippen molar-refractivity contribution in [2.75, 3.05) is 32.8 Å². The number of amides is 1. The fourth-order valence-corrected chi connectivity index (χ4v) is 4.90. The van der Waals surface area contributed by atoms with Crippen LogP contribution in [0, 0.1) is 5.92 Å². The summed E-state index contributed by atoms with van der Waals surface area (Å²) in [5, 5.41) is 12.0. The highest BCUT2D eigenvalue weighted by Crippen LogP contribution is 2.19. The van der Waals surface area contributed by atoms with E-state index in [4.69, 9.17) is 9.47 Å². The molecule has 3 heterocycles. The summed E-state index contributed by atoms with van der Waals surface area (Å²) in [5.41, 5.74) is 2.41. The van der Waals surface area contributed by atoms with E-state index in [2.05, 4.69) is 55.3 Å². The lowest BCUT2D eigenvalue weighted by atomic mass is 9.99. The molecule has 8 nitrogen and oxygen atoms in total. The Morgan fingerprint density at radius 2 is 1.83 bits per heavy atom. The largest absolute Gasteiger partial charge is 0.489 e. The third-order valence-corrected chi connectivity index (χ3v) is 6.99. The second kappa shape index (κ2) is 12.1. The summed E-state index contributed by atoms with van der Waals surface area (Å²) >= 11 is 0. The van der Waals surface area contributed by atoms with Crippen molar-refractivity contribution in [2.45, 2.75) is 45.4 Å². The van der Waals surface area contributed by atoms with Crippen LogP contribution in [0.2, 0.25) is 0 Å². The number of aromatic nitrogens is 3. The third-order valence-electron chi connectivity index (χ3n) is 6.99. The molecule has 0 radical (unpaired) electrons. The molecular weight excluding hydrogens is 454 g/mol. The van der Waals surface area contributed by atoms with Gasteiger partial charge >= 0.3 is 0 Å². The van der Waals surface area contributed by atoms with Gasteiger partial charge in [0.25, 0.3) is 0 Å². The molecule has 8 heteroatoms. The monoisotopic (exact) mass is 489 g/mol. The lowest BCUT2D eigenvalue weighted by molar-refractivity contribution is -0.127. The molecule has 0 atom stereocenters. The summed E-state index contributed by atoms with van der Waals surface area (Å²) < 4.78 is 13.6. The minimum absolute atomic E-state index is 0.0741. The zero-order valence-corrected chi connectivity index (χ0v) is 20.8. The van der Waals surface area contributed by atoms with Crippen molar-refractivity contribution in [3.63, 3.8) is 0 Å². The highest BCUT2D eigenvalue weighted by atomic mass is 16.5. The zero-order chi connectivity index (χ0) is 24.6. The highest BCUT2D eigenvalue weighted by Gasteiger charge is 2.22. The van der Waals surface area contributed by atoms with Crippen LogP contribution in [0.3, 0.4) is 0 Å². The Labute approximate surface area is 212 Å². The Bertz CT molecular complexity index is 1130. The predicted molar refractivity (Wildman–Crippen MR) is 136 cm³/mol. The number of rotatable bonds is 9. The molecule has 5 rings (SSSR count). The first kappa shape index (κ1) is 24.5. The van der Waals surface area contributed by atoms with Gasteiger partial charge in [0.2, 0.25) is 5.91 Å². The van der Waals surface area contributed by atoms with Gasteiger partial charge in [-0.3, -0.25) is 9.69 Å². The Kier molecular flexibility index (Phi) is 8.25. The van der Waals surface area contributed by atoms with Gasteiger partial charge in [0.15, 0.2) is 0 Å². The lowest BCUT2D eigenvalue weighted by Crippen LogP contribution is -2.35. The molecule has 2 aliphatic rings. The standard InChI is InChI=1S/C28H35N5O3/c34-28(24-11-17-35-18-12-24)29-13-9-26-30-31-27-10-14-32(15-16-33(26)27)20-23-7-4-8-25(19-23)36-21-22-5-2-1-3-6-22/h1-8,19,24H,9-18,20-21H2,(H,29,34). The summed E-state index contributed by atoms with van der Waals surface area (Å²) in [4.78, 5) is 14.9. The summed E-state index contributed by atoms with van der Waals surface area (Å²) in [7, 11) is 0. The number of ether oxygens (including phenoxy) is 2. The summed E-state index contributed by atoms with van der Waals surface area (Å²) in [6.07, 6.45) is 3.18. The molecule has 36 heavy (non-hydrogen) atoms. The number of carbonyl (C=O) groups is 1. The summed E-state index contributed by atoms with van der Waals surface area (Å²) in [5.74, 6) is 3.09. The number of benzene rings is 2. The minimum Gasteiger partial charge on any atom is -0.489 e. The van der Waals surface area contributed by atoms with Crippen LogP contribution in [0.25, 0.3) is 0 Å². The van der Waals surface area contributed by atoms with E-state index in [0.29, 0.717) is 32.8 Å². The second-order valence-corrected chi connectivity index (χ2v) is 9.56. The maximum absolute atomic E-state index is 12.4. The van der Waals surface area contributed by atoms with Gasteiger partial charge in [0.1, 0.15) is 24.0 Å². The second-order valence-electron chi connectivity index (χ2n) is 9.56. The van der Waals surface area contributed by atoms with Gasteiger partial charge in [0.05, 0.1) is 0 Å². The van der Waals surface area contributed by atoms with Crippen LogP contribution in [0.15, 0.2) is 54.6 Å². The normalized spacial score (nSPS) is 16.8.